The van der Waals surface area contributed by atoms with Crippen molar-refractivity contribution >= 4 is 16.9 Å². The van der Waals surface area contributed by atoms with E-state index in [1.165, 1.54) is 0 Å². The van der Waals surface area contributed by atoms with E-state index in [-0.39, 0.29) is 11.4 Å². The molecular formula is C16H13NO3. The first kappa shape index (κ1) is 12.3. The highest BCUT2D eigenvalue weighted by Gasteiger charge is 2.12. The van der Waals surface area contributed by atoms with Crippen LogP contribution < -0.4 is 0 Å². The van der Waals surface area contributed by atoms with Crippen molar-refractivity contribution in [2.75, 3.05) is 0 Å². The number of carboxylic acid groups (broad SMARTS) is 1. The molecule has 0 spiro atoms. The molecule has 3 aromatic rings. The van der Waals surface area contributed by atoms with Gasteiger partial charge in [0, 0.05) is 18.0 Å². The van der Waals surface area contributed by atoms with Crippen molar-refractivity contribution in [3.63, 3.8) is 0 Å². The van der Waals surface area contributed by atoms with E-state index in [0.29, 0.717) is 0 Å². The zero-order chi connectivity index (χ0) is 14.3. The molecule has 20 heavy (non-hydrogen) atoms. The molecule has 0 aliphatic carbocycles. The van der Waals surface area contributed by atoms with Gasteiger partial charge in [0.1, 0.15) is 11.4 Å². The quantitative estimate of drug-likeness (QED) is 0.749. The fraction of sp³-hybridized carbons (Fsp3) is 0.0625. The van der Waals surface area contributed by atoms with Gasteiger partial charge >= 0.3 is 5.97 Å². The minimum Gasteiger partial charge on any atom is -0.508 e. The zero-order valence-electron chi connectivity index (χ0n) is 10.9. The summed E-state index contributed by atoms with van der Waals surface area (Å²) in [5.41, 5.74) is 3.09. The number of fused-ring (bicyclic) bond motifs is 1. The van der Waals surface area contributed by atoms with Gasteiger partial charge in [-0.2, -0.15) is 0 Å². The standard InChI is InChI=1S/C16H13NO3/c1-17-14-8-11(10-4-6-13(18)7-5-10)2-3-12(14)9-15(17)16(19)20/h2-9,18H,1H3,(H,19,20). The largest absolute Gasteiger partial charge is 0.508 e. The number of hydrogen-bond donors (Lipinski definition) is 2. The van der Waals surface area contributed by atoms with Crippen LogP contribution in [0.15, 0.2) is 48.5 Å². The molecule has 3 rings (SSSR count). The Morgan fingerprint density at radius 3 is 2.30 bits per heavy atom. The molecular weight excluding hydrogens is 254 g/mol. The lowest BCUT2D eigenvalue weighted by Gasteiger charge is -2.04. The van der Waals surface area contributed by atoms with E-state index < -0.39 is 5.97 Å². The van der Waals surface area contributed by atoms with Crippen molar-refractivity contribution in [1.29, 1.82) is 0 Å². The minimum absolute atomic E-state index is 0.224. The Bertz CT molecular complexity index is 800. The van der Waals surface area contributed by atoms with Gasteiger partial charge in [-0.3, -0.25) is 0 Å². The Morgan fingerprint density at radius 1 is 1.00 bits per heavy atom. The molecule has 0 unspecified atom stereocenters. The van der Waals surface area contributed by atoms with E-state index in [1.54, 1.807) is 29.8 Å². The van der Waals surface area contributed by atoms with Crippen molar-refractivity contribution in [2.24, 2.45) is 7.05 Å². The summed E-state index contributed by atoms with van der Waals surface area (Å²) in [6.07, 6.45) is 0. The number of carbonyl (C=O) groups is 1. The number of aromatic hydroxyl groups is 1. The molecule has 100 valence electrons. The van der Waals surface area contributed by atoms with Gasteiger partial charge in [0.05, 0.1) is 0 Å². The van der Waals surface area contributed by atoms with Crippen LogP contribution >= 0.6 is 0 Å². The van der Waals surface area contributed by atoms with E-state index in [9.17, 15) is 9.90 Å². The maximum Gasteiger partial charge on any atom is 0.352 e. The average molecular weight is 267 g/mol. The summed E-state index contributed by atoms with van der Waals surface area (Å²) in [7, 11) is 1.74. The number of rotatable bonds is 2. The molecule has 4 heteroatoms. The van der Waals surface area contributed by atoms with Crippen LogP contribution in [0.4, 0.5) is 0 Å². The highest BCUT2D eigenvalue weighted by Crippen LogP contribution is 2.27. The van der Waals surface area contributed by atoms with Gasteiger partial charge in [-0.25, -0.2) is 4.79 Å². The van der Waals surface area contributed by atoms with Crippen LogP contribution in [0.5, 0.6) is 5.75 Å². The summed E-state index contributed by atoms with van der Waals surface area (Å²) in [6.45, 7) is 0. The van der Waals surface area contributed by atoms with Gasteiger partial charge in [-0.1, -0.05) is 24.3 Å². The molecule has 0 bridgehead atoms. The summed E-state index contributed by atoms with van der Waals surface area (Å²) in [4.78, 5) is 11.1. The molecule has 0 atom stereocenters. The van der Waals surface area contributed by atoms with Gasteiger partial charge in [0.15, 0.2) is 0 Å². The molecule has 1 aromatic heterocycles. The SMILES string of the molecule is Cn1c(C(=O)O)cc2ccc(-c3ccc(O)cc3)cc21. The molecule has 1 heterocycles. The van der Waals surface area contributed by atoms with Crippen LogP contribution in [0.25, 0.3) is 22.0 Å². The zero-order valence-corrected chi connectivity index (χ0v) is 10.9. The van der Waals surface area contributed by atoms with E-state index in [2.05, 4.69) is 0 Å². The predicted molar refractivity (Wildman–Crippen MR) is 77.0 cm³/mol. The van der Waals surface area contributed by atoms with Crippen LogP contribution in [0, 0.1) is 0 Å². The van der Waals surface area contributed by atoms with E-state index in [1.807, 2.05) is 30.3 Å². The lowest BCUT2D eigenvalue weighted by atomic mass is 10.0. The number of nitrogens with zero attached hydrogens (tertiary/aromatic N) is 1. The first-order valence-electron chi connectivity index (χ1n) is 6.18. The van der Waals surface area contributed by atoms with Gasteiger partial charge in [0.2, 0.25) is 0 Å². The number of aromatic nitrogens is 1. The van der Waals surface area contributed by atoms with E-state index in [4.69, 9.17) is 5.11 Å². The Kier molecular flexibility index (Phi) is 2.71. The lowest BCUT2D eigenvalue weighted by Crippen LogP contribution is -2.03. The second-order valence-electron chi connectivity index (χ2n) is 4.71. The minimum atomic E-state index is -0.935. The number of phenols is 1. The third-order valence-electron chi connectivity index (χ3n) is 3.47. The van der Waals surface area contributed by atoms with Crippen molar-refractivity contribution in [1.82, 2.24) is 4.57 Å². The lowest BCUT2D eigenvalue weighted by molar-refractivity contribution is 0.0687. The summed E-state index contributed by atoms with van der Waals surface area (Å²) in [5, 5.41) is 19.3. The molecule has 0 amide bonds. The third-order valence-corrected chi connectivity index (χ3v) is 3.47. The van der Waals surface area contributed by atoms with E-state index >= 15 is 0 Å². The number of benzene rings is 2. The molecule has 0 fully saturated rings. The van der Waals surface area contributed by atoms with Crippen LogP contribution in [0.3, 0.4) is 0 Å². The molecule has 2 N–H and O–H groups in total. The van der Waals surface area contributed by atoms with Crippen molar-refractivity contribution in [3.05, 3.63) is 54.2 Å². The second-order valence-corrected chi connectivity index (χ2v) is 4.71. The van der Waals surface area contributed by atoms with Gasteiger partial charge < -0.3 is 14.8 Å². The topological polar surface area (TPSA) is 62.5 Å². The molecule has 0 aliphatic rings. The van der Waals surface area contributed by atoms with Gasteiger partial charge in [-0.05, 0) is 35.4 Å². The van der Waals surface area contributed by atoms with Crippen LogP contribution in [0.2, 0.25) is 0 Å². The Hall–Kier alpha value is -2.75. The maximum atomic E-state index is 11.1. The molecule has 0 saturated carbocycles. The Labute approximate surface area is 115 Å². The van der Waals surface area contributed by atoms with Crippen molar-refractivity contribution in [3.8, 4) is 16.9 Å². The third kappa shape index (κ3) is 1.91. The highest BCUT2D eigenvalue weighted by molar-refractivity contribution is 5.96. The molecule has 0 saturated heterocycles. The van der Waals surface area contributed by atoms with Crippen LogP contribution in [-0.2, 0) is 7.05 Å². The molecule has 4 nitrogen and oxygen atoms in total. The molecule has 0 aliphatic heterocycles. The van der Waals surface area contributed by atoms with Gasteiger partial charge in [0.25, 0.3) is 0 Å². The van der Waals surface area contributed by atoms with Crippen LogP contribution in [0.1, 0.15) is 10.5 Å². The predicted octanol–water partition coefficient (Wildman–Crippen LogP) is 3.25. The normalized spacial score (nSPS) is 10.8. The fourth-order valence-electron chi connectivity index (χ4n) is 2.37. The number of phenolic OH excluding ortho intramolecular Hbond substituents is 1. The Balaban J connectivity index is 2.17. The first-order chi connectivity index (χ1) is 9.56. The number of carboxylic acids is 1. The highest BCUT2D eigenvalue weighted by atomic mass is 16.4. The van der Waals surface area contributed by atoms with E-state index in [0.717, 1.165) is 22.0 Å². The van der Waals surface area contributed by atoms with Crippen LogP contribution in [-0.4, -0.2) is 20.7 Å². The summed E-state index contributed by atoms with van der Waals surface area (Å²) in [5.74, 6) is -0.711. The second kappa shape index (κ2) is 4.42. The average Bonchev–Trinajstić information content (AvgIpc) is 2.77. The number of hydrogen-bond acceptors (Lipinski definition) is 2. The summed E-state index contributed by atoms with van der Waals surface area (Å²) < 4.78 is 1.67. The molecule has 2 aromatic carbocycles. The van der Waals surface area contributed by atoms with Gasteiger partial charge in [-0.15, -0.1) is 0 Å². The van der Waals surface area contributed by atoms with Crippen molar-refractivity contribution < 1.29 is 15.0 Å². The maximum absolute atomic E-state index is 11.1. The summed E-state index contributed by atoms with van der Waals surface area (Å²) >= 11 is 0. The number of aromatic carboxylic acids is 1. The first-order valence-corrected chi connectivity index (χ1v) is 6.18. The molecule has 0 radical (unpaired) electrons. The smallest absolute Gasteiger partial charge is 0.352 e. The number of aryl methyl sites for hydroxylation is 1. The monoisotopic (exact) mass is 267 g/mol. The van der Waals surface area contributed by atoms with Crippen molar-refractivity contribution in [2.45, 2.75) is 0 Å². The Morgan fingerprint density at radius 2 is 1.65 bits per heavy atom. The fourth-order valence-corrected chi connectivity index (χ4v) is 2.37. The summed E-state index contributed by atoms with van der Waals surface area (Å²) in [6, 6.07) is 14.4.